The van der Waals surface area contributed by atoms with Crippen molar-refractivity contribution in [1.82, 2.24) is 10.3 Å². The van der Waals surface area contributed by atoms with Gasteiger partial charge in [0.15, 0.2) is 5.13 Å². The maximum absolute atomic E-state index is 12.0. The molecule has 0 spiro atoms. The van der Waals surface area contributed by atoms with Gasteiger partial charge in [-0.3, -0.25) is 9.59 Å². The van der Waals surface area contributed by atoms with Gasteiger partial charge < -0.3 is 10.6 Å². The number of benzene rings is 1. The Morgan fingerprint density at radius 3 is 2.95 bits per heavy atom. The van der Waals surface area contributed by atoms with Gasteiger partial charge in [-0.25, -0.2) is 4.98 Å². The summed E-state index contributed by atoms with van der Waals surface area (Å²) < 4.78 is 0. The Bertz CT molecular complexity index is 682. The maximum Gasteiger partial charge on any atom is 0.263 e. The van der Waals surface area contributed by atoms with Crippen LogP contribution < -0.4 is 10.6 Å². The molecule has 114 valence electrons. The zero-order valence-electron chi connectivity index (χ0n) is 12.1. The van der Waals surface area contributed by atoms with Crippen LogP contribution >= 0.6 is 11.3 Å². The fourth-order valence-electron chi connectivity index (χ4n) is 2.37. The summed E-state index contributed by atoms with van der Waals surface area (Å²) >= 11 is 1.25. The lowest BCUT2D eigenvalue weighted by Crippen LogP contribution is -2.21. The number of nitrogens with zero attached hydrogens (tertiary/aromatic N) is 1. The standard InChI is InChI=1S/C16H17N3O2S/c20-13(9-8-11-5-2-1-3-6-11)19-16-18-12-7-4-10-17-15(21)14(12)22-16/h1-3,5-6H,4,7-10H2,(H,17,21)(H,18,19,20). The Morgan fingerprint density at radius 1 is 1.32 bits per heavy atom. The molecular formula is C16H17N3O2S. The van der Waals surface area contributed by atoms with Crippen molar-refractivity contribution in [2.45, 2.75) is 25.7 Å². The molecule has 0 atom stereocenters. The van der Waals surface area contributed by atoms with Crippen LogP contribution in [-0.4, -0.2) is 23.3 Å². The number of fused-ring (bicyclic) bond motifs is 1. The highest BCUT2D eigenvalue weighted by atomic mass is 32.1. The first-order chi connectivity index (χ1) is 10.7. The molecule has 3 rings (SSSR count). The van der Waals surface area contributed by atoms with Crippen LogP contribution in [0.3, 0.4) is 0 Å². The molecule has 2 heterocycles. The minimum Gasteiger partial charge on any atom is -0.351 e. The summed E-state index contributed by atoms with van der Waals surface area (Å²) in [6, 6.07) is 9.89. The average molecular weight is 315 g/mol. The smallest absolute Gasteiger partial charge is 0.263 e. The number of thiazole rings is 1. The molecule has 2 aromatic rings. The van der Waals surface area contributed by atoms with Gasteiger partial charge in [-0.1, -0.05) is 41.7 Å². The molecule has 2 amide bonds. The second kappa shape index (κ2) is 6.70. The summed E-state index contributed by atoms with van der Waals surface area (Å²) in [6.45, 7) is 0.681. The van der Waals surface area contributed by atoms with Crippen LogP contribution in [0, 0.1) is 0 Å². The van der Waals surface area contributed by atoms with E-state index in [1.54, 1.807) is 0 Å². The molecule has 0 unspecified atom stereocenters. The van der Waals surface area contributed by atoms with Crippen molar-refractivity contribution in [2.75, 3.05) is 11.9 Å². The van der Waals surface area contributed by atoms with Gasteiger partial charge in [-0.15, -0.1) is 0 Å². The Morgan fingerprint density at radius 2 is 2.14 bits per heavy atom. The van der Waals surface area contributed by atoms with Crippen molar-refractivity contribution in [3.05, 3.63) is 46.5 Å². The van der Waals surface area contributed by atoms with Crippen molar-refractivity contribution in [3.8, 4) is 0 Å². The van der Waals surface area contributed by atoms with Crippen LogP contribution in [0.15, 0.2) is 30.3 Å². The first-order valence-electron chi connectivity index (χ1n) is 7.34. The van der Waals surface area contributed by atoms with Gasteiger partial charge in [0.05, 0.1) is 5.69 Å². The number of anilines is 1. The lowest BCUT2D eigenvalue weighted by molar-refractivity contribution is -0.116. The maximum atomic E-state index is 12.0. The Kier molecular flexibility index (Phi) is 4.48. The number of carbonyl (C=O) groups excluding carboxylic acids is 2. The molecule has 2 N–H and O–H groups in total. The third-order valence-electron chi connectivity index (χ3n) is 3.51. The molecule has 0 bridgehead atoms. The molecule has 0 aliphatic carbocycles. The van der Waals surface area contributed by atoms with E-state index in [0.29, 0.717) is 29.4 Å². The van der Waals surface area contributed by atoms with Gasteiger partial charge in [0.25, 0.3) is 5.91 Å². The quantitative estimate of drug-likeness (QED) is 0.910. The van der Waals surface area contributed by atoms with Crippen LogP contribution in [-0.2, 0) is 17.6 Å². The molecule has 0 saturated carbocycles. The number of amides is 2. The van der Waals surface area contributed by atoms with E-state index in [9.17, 15) is 9.59 Å². The number of rotatable bonds is 4. The predicted octanol–water partition coefficient (Wildman–Crippen LogP) is 2.39. The minimum atomic E-state index is -0.0882. The van der Waals surface area contributed by atoms with E-state index in [1.165, 1.54) is 11.3 Å². The number of hydrogen-bond acceptors (Lipinski definition) is 4. The second-order valence-corrected chi connectivity index (χ2v) is 6.19. The molecule has 1 aliphatic rings. The molecule has 1 aliphatic heterocycles. The number of aryl methyl sites for hydroxylation is 2. The Labute approximate surface area is 132 Å². The molecule has 1 aromatic carbocycles. The summed E-state index contributed by atoms with van der Waals surface area (Å²) in [4.78, 5) is 28.9. The molecule has 1 aromatic heterocycles. The van der Waals surface area contributed by atoms with E-state index >= 15 is 0 Å². The van der Waals surface area contributed by atoms with E-state index < -0.39 is 0 Å². The van der Waals surface area contributed by atoms with Crippen LogP contribution in [0.4, 0.5) is 5.13 Å². The van der Waals surface area contributed by atoms with Crippen molar-refractivity contribution < 1.29 is 9.59 Å². The monoisotopic (exact) mass is 315 g/mol. The highest BCUT2D eigenvalue weighted by Gasteiger charge is 2.21. The minimum absolute atomic E-state index is 0.0758. The third kappa shape index (κ3) is 3.51. The zero-order valence-corrected chi connectivity index (χ0v) is 12.9. The highest BCUT2D eigenvalue weighted by Crippen LogP contribution is 2.25. The van der Waals surface area contributed by atoms with Crippen LogP contribution in [0.2, 0.25) is 0 Å². The average Bonchev–Trinajstić information content (AvgIpc) is 2.85. The van der Waals surface area contributed by atoms with Crippen LogP contribution in [0.1, 0.15) is 33.8 Å². The van der Waals surface area contributed by atoms with Crippen molar-refractivity contribution in [1.29, 1.82) is 0 Å². The number of nitrogens with one attached hydrogen (secondary N) is 2. The van der Waals surface area contributed by atoms with Crippen LogP contribution in [0.25, 0.3) is 0 Å². The van der Waals surface area contributed by atoms with Gasteiger partial charge >= 0.3 is 0 Å². The van der Waals surface area contributed by atoms with Gasteiger partial charge in [-0.05, 0) is 24.8 Å². The summed E-state index contributed by atoms with van der Waals surface area (Å²) in [5.41, 5.74) is 1.92. The molecule has 22 heavy (non-hydrogen) atoms. The molecule has 0 fully saturated rings. The van der Waals surface area contributed by atoms with E-state index in [1.807, 2.05) is 30.3 Å². The molecule has 0 saturated heterocycles. The van der Waals surface area contributed by atoms with E-state index in [-0.39, 0.29) is 11.8 Å². The van der Waals surface area contributed by atoms with Crippen LogP contribution in [0.5, 0.6) is 0 Å². The fourth-order valence-corrected chi connectivity index (χ4v) is 3.32. The van der Waals surface area contributed by atoms with Crippen molar-refractivity contribution in [3.63, 3.8) is 0 Å². The molecule has 0 radical (unpaired) electrons. The lowest BCUT2D eigenvalue weighted by atomic mass is 10.1. The normalized spacial score (nSPS) is 13.9. The van der Waals surface area contributed by atoms with E-state index in [0.717, 1.165) is 24.1 Å². The Hall–Kier alpha value is -2.21. The summed E-state index contributed by atoms with van der Waals surface area (Å²) in [6.07, 6.45) is 2.74. The molecule has 6 heteroatoms. The first-order valence-corrected chi connectivity index (χ1v) is 8.16. The van der Waals surface area contributed by atoms with Gasteiger partial charge in [0, 0.05) is 13.0 Å². The third-order valence-corrected chi connectivity index (χ3v) is 4.52. The van der Waals surface area contributed by atoms with Gasteiger partial charge in [0.1, 0.15) is 4.88 Å². The number of carbonyl (C=O) groups is 2. The van der Waals surface area contributed by atoms with E-state index in [2.05, 4.69) is 15.6 Å². The molecular weight excluding hydrogens is 298 g/mol. The second-order valence-electron chi connectivity index (χ2n) is 5.19. The SMILES string of the molecule is O=C(CCc1ccccc1)Nc1nc2c(s1)C(=O)NCCC2. The summed E-state index contributed by atoms with van der Waals surface area (Å²) in [5.74, 6) is -0.164. The summed E-state index contributed by atoms with van der Waals surface area (Å²) in [5, 5.41) is 6.15. The van der Waals surface area contributed by atoms with Gasteiger partial charge in [0.2, 0.25) is 5.91 Å². The van der Waals surface area contributed by atoms with Gasteiger partial charge in [-0.2, -0.15) is 0 Å². The lowest BCUT2D eigenvalue weighted by Gasteiger charge is -2.02. The topological polar surface area (TPSA) is 71.1 Å². The summed E-state index contributed by atoms with van der Waals surface area (Å²) in [7, 11) is 0. The first kappa shape index (κ1) is 14.7. The van der Waals surface area contributed by atoms with Crippen molar-refractivity contribution >= 4 is 28.3 Å². The number of aromatic nitrogens is 1. The highest BCUT2D eigenvalue weighted by molar-refractivity contribution is 7.17. The largest absolute Gasteiger partial charge is 0.351 e. The fraction of sp³-hybridized carbons (Fsp3) is 0.312. The molecule has 5 nitrogen and oxygen atoms in total. The van der Waals surface area contributed by atoms with E-state index in [4.69, 9.17) is 0 Å². The Balaban J connectivity index is 1.60. The predicted molar refractivity (Wildman–Crippen MR) is 86.2 cm³/mol. The number of hydrogen-bond donors (Lipinski definition) is 2. The van der Waals surface area contributed by atoms with Crippen molar-refractivity contribution in [2.24, 2.45) is 0 Å². The zero-order chi connectivity index (χ0) is 15.4.